The Morgan fingerprint density at radius 1 is 1.21 bits per heavy atom. The van der Waals surface area contributed by atoms with E-state index in [1.54, 1.807) is 31.2 Å². The number of anilines is 1. The second-order valence-corrected chi connectivity index (χ2v) is 5.17. The highest BCUT2D eigenvalue weighted by Gasteiger charge is 2.12. The van der Waals surface area contributed by atoms with Gasteiger partial charge in [-0.25, -0.2) is 4.79 Å². The van der Waals surface area contributed by atoms with Gasteiger partial charge in [0, 0.05) is 28.6 Å². The maximum absolute atomic E-state index is 12.3. The van der Waals surface area contributed by atoms with Gasteiger partial charge in [-0.05, 0) is 31.2 Å². The molecule has 0 spiro atoms. The maximum Gasteiger partial charge on any atom is 0.411 e. The third kappa shape index (κ3) is 3.08. The molecule has 0 aliphatic heterocycles. The molecule has 1 amide bonds. The molecular formula is C18H16N2O4. The molecule has 0 unspecified atom stereocenters. The number of fused-ring (bicyclic) bond motifs is 1. The number of benzene rings is 2. The molecule has 0 bridgehead atoms. The van der Waals surface area contributed by atoms with Crippen LogP contribution in [0.15, 0.2) is 53.3 Å². The molecule has 0 saturated carbocycles. The number of phenols is 1. The van der Waals surface area contributed by atoms with Crippen LogP contribution in [-0.4, -0.2) is 22.8 Å². The van der Waals surface area contributed by atoms with E-state index in [9.17, 15) is 14.7 Å². The van der Waals surface area contributed by atoms with E-state index in [0.717, 1.165) is 0 Å². The van der Waals surface area contributed by atoms with Gasteiger partial charge in [-0.2, -0.15) is 0 Å². The lowest BCUT2D eigenvalue weighted by atomic mass is 10.1. The van der Waals surface area contributed by atoms with Crippen molar-refractivity contribution in [1.82, 2.24) is 4.98 Å². The first-order valence-electron chi connectivity index (χ1n) is 7.47. The summed E-state index contributed by atoms with van der Waals surface area (Å²) in [6, 6.07) is 13.1. The van der Waals surface area contributed by atoms with Crippen LogP contribution in [0.2, 0.25) is 0 Å². The van der Waals surface area contributed by atoms with E-state index in [-0.39, 0.29) is 17.8 Å². The summed E-state index contributed by atoms with van der Waals surface area (Å²) in [5, 5.41) is 12.8. The number of H-pyrrole nitrogens is 1. The van der Waals surface area contributed by atoms with Crippen molar-refractivity contribution >= 4 is 22.7 Å². The van der Waals surface area contributed by atoms with Crippen molar-refractivity contribution in [2.75, 3.05) is 11.9 Å². The number of nitrogens with one attached hydrogen (secondary N) is 2. The predicted octanol–water partition coefficient (Wildman–Crippen LogP) is 3.47. The molecule has 122 valence electrons. The number of ether oxygens (including phenoxy) is 1. The first kappa shape index (κ1) is 15.6. The van der Waals surface area contributed by atoms with Gasteiger partial charge in [0.1, 0.15) is 5.75 Å². The van der Waals surface area contributed by atoms with Gasteiger partial charge < -0.3 is 14.8 Å². The number of carbonyl (C=O) groups is 1. The fourth-order valence-electron chi connectivity index (χ4n) is 2.49. The molecule has 1 aromatic heterocycles. The van der Waals surface area contributed by atoms with Gasteiger partial charge >= 0.3 is 6.09 Å². The van der Waals surface area contributed by atoms with Gasteiger partial charge in [0.15, 0.2) is 5.43 Å². The Balaban J connectivity index is 2.12. The van der Waals surface area contributed by atoms with Gasteiger partial charge in [0.05, 0.1) is 18.0 Å². The molecule has 0 atom stereocenters. The largest absolute Gasteiger partial charge is 0.508 e. The number of carbonyl (C=O) groups excluding carboxylic acids is 1. The van der Waals surface area contributed by atoms with E-state index in [2.05, 4.69) is 10.3 Å². The number of rotatable bonds is 3. The summed E-state index contributed by atoms with van der Waals surface area (Å²) in [7, 11) is 0. The number of para-hydroxylation sites is 1. The Morgan fingerprint density at radius 3 is 2.79 bits per heavy atom. The average Bonchev–Trinajstić information content (AvgIpc) is 2.55. The molecule has 0 radical (unpaired) electrons. The van der Waals surface area contributed by atoms with Crippen LogP contribution in [0.5, 0.6) is 5.75 Å². The topological polar surface area (TPSA) is 91.4 Å². The van der Waals surface area contributed by atoms with Crippen molar-refractivity contribution < 1.29 is 14.6 Å². The van der Waals surface area contributed by atoms with Crippen LogP contribution in [0.3, 0.4) is 0 Å². The van der Waals surface area contributed by atoms with Crippen molar-refractivity contribution in [3.8, 4) is 17.0 Å². The summed E-state index contributed by atoms with van der Waals surface area (Å²) in [6.45, 7) is 1.93. The molecule has 1 heterocycles. The third-order valence-electron chi connectivity index (χ3n) is 3.54. The molecular weight excluding hydrogens is 308 g/mol. The van der Waals surface area contributed by atoms with Crippen LogP contribution < -0.4 is 10.7 Å². The molecule has 24 heavy (non-hydrogen) atoms. The third-order valence-corrected chi connectivity index (χ3v) is 3.54. The summed E-state index contributed by atoms with van der Waals surface area (Å²) in [5.41, 5.74) is 2.01. The van der Waals surface area contributed by atoms with Crippen molar-refractivity contribution in [3.05, 3.63) is 58.8 Å². The fraction of sp³-hybridized carbons (Fsp3) is 0.111. The standard InChI is InChI=1S/C18H16N2O4/c1-2-24-18(23)20-15-9-11(21)7-8-12(15)16-10-17(22)13-5-3-4-6-14(13)19-16/h3-10,21H,2H2,1H3,(H,19,22)(H,20,23). The number of amides is 1. The van der Waals surface area contributed by atoms with Crippen molar-refractivity contribution in [1.29, 1.82) is 0 Å². The van der Waals surface area contributed by atoms with Gasteiger partial charge in [-0.1, -0.05) is 12.1 Å². The van der Waals surface area contributed by atoms with Crippen LogP contribution in [-0.2, 0) is 4.74 Å². The average molecular weight is 324 g/mol. The normalized spacial score (nSPS) is 10.5. The van der Waals surface area contributed by atoms with E-state index in [1.165, 1.54) is 18.2 Å². The summed E-state index contributed by atoms with van der Waals surface area (Å²) < 4.78 is 4.87. The highest BCUT2D eigenvalue weighted by atomic mass is 16.5. The molecule has 2 aromatic carbocycles. The van der Waals surface area contributed by atoms with E-state index < -0.39 is 6.09 Å². The molecule has 3 aromatic rings. The molecule has 3 N–H and O–H groups in total. The summed E-state index contributed by atoms with van der Waals surface area (Å²) in [4.78, 5) is 27.2. The van der Waals surface area contributed by atoms with Crippen molar-refractivity contribution in [2.24, 2.45) is 0 Å². The first-order chi connectivity index (χ1) is 11.6. The smallest absolute Gasteiger partial charge is 0.411 e. The van der Waals surface area contributed by atoms with E-state index in [4.69, 9.17) is 4.74 Å². The van der Waals surface area contributed by atoms with Gasteiger partial charge in [-0.3, -0.25) is 10.1 Å². The highest BCUT2D eigenvalue weighted by Crippen LogP contribution is 2.30. The molecule has 0 aliphatic carbocycles. The van der Waals surface area contributed by atoms with Crippen LogP contribution in [0, 0.1) is 0 Å². The lowest BCUT2D eigenvalue weighted by molar-refractivity contribution is 0.168. The number of hydrogen-bond donors (Lipinski definition) is 3. The zero-order chi connectivity index (χ0) is 17.1. The number of aromatic hydroxyl groups is 1. The number of phenolic OH excluding ortho intramolecular Hbond substituents is 1. The van der Waals surface area contributed by atoms with Crippen molar-refractivity contribution in [2.45, 2.75) is 6.92 Å². The monoisotopic (exact) mass is 324 g/mol. The maximum atomic E-state index is 12.3. The predicted molar refractivity (Wildman–Crippen MR) is 92.3 cm³/mol. The molecule has 0 fully saturated rings. The van der Waals surface area contributed by atoms with Crippen LogP contribution in [0.4, 0.5) is 10.5 Å². The van der Waals surface area contributed by atoms with E-state index in [0.29, 0.717) is 27.8 Å². The minimum atomic E-state index is -0.632. The van der Waals surface area contributed by atoms with Crippen molar-refractivity contribution in [3.63, 3.8) is 0 Å². The van der Waals surface area contributed by atoms with Gasteiger partial charge in [0.25, 0.3) is 0 Å². The zero-order valence-corrected chi connectivity index (χ0v) is 13.0. The molecule has 6 heteroatoms. The Morgan fingerprint density at radius 2 is 2.00 bits per heavy atom. The van der Waals surface area contributed by atoms with Crippen LogP contribution >= 0.6 is 0 Å². The lowest BCUT2D eigenvalue weighted by Crippen LogP contribution is -2.14. The summed E-state index contributed by atoms with van der Waals surface area (Å²) >= 11 is 0. The summed E-state index contributed by atoms with van der Waals surface area (Å²) in [6.07, 6.45) is -0.632. The number of hydrogen-bond acceptors (Lipinski definition) is 4. The Kier molecular flexibility index (Phi) is 4.20. The lowest BCUT2D eigenvalue weighted by Gasteiger charge is -2.12. The second-order valence-electron chi connectivity index (χ2n) is 5.17. The van der Waals surface area contributed by atoms with Gasteiger partial charge in [-0.15, -0.1) is 0 Å². The molecule has 3 rings (SSSR count). The van der Waals surface area contributed by atoms with E-state index in [1.807, 2.05) is 6.07 Å². The van der Waals surface area contributed by atoms with Crippen LogP contribution in [0.1, 0.15) is 6.92 Å². The fourth-order valence-corrected chi connectivity index (χ4v) is 2.49. The summed E-state index contributed by atoms with van der Waals surface area (Å²) in [5.74, 6) is -0.00585. The Labute approximate surface area is 137 Å². The Bertz CT molecular complexity index is 963. The molecule has 6 nitrogen and oxygen atoms in total. The second kappa shape index (κ2) is 6.45. The van der Waals surface area contributed by atoms with Gasteiger partial charge in [0.2, 0.25) is 0 Å². The minimum absolute atomic E-state index is 0.00585. The number of aromatic amines is 1. The van der Waals surface area contributed by atoms with Crippen LogP contribution in [0.25, 0.3) is 22.2 Å². The number of aromatic nitrogens is 1. The van der Waals surface area contributed by atoms with E-state index >= 15 is 0 Å². The quantitative estimate of drug-likeness (QED) is 0.688. The Hall–Kier alpha value is -3.28. The highest BCUT2D eigenvalue weighted by molar-refractivity contribution is 5.92. The molecule has 0 saturated heterocycles. The number of pyridine rings is 1. The first-order valence-corrected chi connectivity index (χ1v) is 7.47. The zero-order valence-electron chi connectivity index (χ0n) is 13.0. The molecule has 0 aliphatic rings. The SMILES string of the molecule is CCOC(=O)Nc1cc(O)ccc1-c1cc(=O)c2ccccc2[nH]1. The minimum Gasteiger partial charge on any atom is -0.508 e.